The summed E-state index contributed by atoms with van der Waals surface area (Å²) in [6.07, 6.45) is 8.47. The van der Waals surface area contributed by atoms with Gasteiger partial charge in [0.25, 0.3) is 0 Å². The fourth-order valence-electron chi connectivity index (χ4n) is 2.07. The van der Waals surface area contributed by atoms with Crippen molar-refractivity contribution in [1.82, 2.24) is 20.1 Å². The normalized spacial score (nSPS) is 18.6. The molecule has 4 nitrogen and oxygen atoms in total. The van der Waals surface area contributed by atoms with Crippen LogP contribution in [0.4, 0.5) is 0 Å². The van der Waals surface area contributed by atoms with E-state index in [-0.39, 0.29) is 0 Å². The van der Waals surface area contributed by atoms with E-state index in [0.717, 1.165) is 12.4 Å². The summed E-state index contributed by atoms with van der Waals surface area (Å²) in [7, 11) is 1.92. The van der Waals surface area contributed by atoms with Crippen molar-refractivity contribution in [2.75, 3.05) is 7.05 Å². The Morgan fingerprint density at radius 2 is 2.21 bits per heavy atom. The lowest BCUT2D eigenvalue weighted by Crippen LogP contribution is -2.14. The van der Waals surface area contributed by atoms with E-state index in [9.17, 15) is 0 Å². The molecule has 1 aromatic heterocycles. The van der Waals surface area contributed by atoms with Gasteiger partial charge in [-0.1, -0.05) is 19.3 Å². The Hall–Kier alpha value is -0.900. The van der Waals surface area contributed by atoms with Gasteiger partial charge < -0.3 is 5.32 Å². The zero-order valence-electron chi connectivity index (χ0n) is 8.74. The van der Waals surface area contributed by atoms with Crippen LogP contribution in [-0.4, -0.2) is 21.8 Å². The van der Waals surface area contributed by atoms with Crippen LogP contribution in [0.5, 0.6) is 0 Å². The van der Waals surface area contributed by atoms with Gasteiger partial charge in [-0.25, -0.2) is 9.67 Å². The Bertz CT molecular complexity index is 275. The third kappa shape index (κ3) is 2.12. The number of rotatable bonds is 3. The van der Waals surface area contributed by atoms with Crippen molar-refractivity contribution < 1.29 is 0 Å². The molecular weight excluding hydrogens is 176 g/mol. The summed E-state index contributed by atoms with van der Waals surface area (Å²) < 4.78 is 2.05. The van der Waals surface area contributed by atoms with E-state index in [1.54, 1.807) is 0 Å². The first-order valence-electron chi connectivity index (χ1n) is 5.45. The molecular formula is C10H18N4. The quantitative estimate of drug-likeness (QED) is 0.793. The number of nitrogens with one attached hydrogen (secondary N) is 1. The monoisotopic (exact) mass is 194 g/mol. The van der Waals surface area contributed by atoms with Crippen molar-refractivity contribution in [2.45, 2.75) is 44.7 Å². The van der Waals surface area contributed by atoms with Gasteiger partial charge in [0.15, 0.2) is 5.82 Å². The molecule has 0 bridgehead atoms. The average Bonchev–Trinajstić information content (AvgIpc) is 2.68. The van der Waals surface area contributed by atoms with Gasteiger partial charge in [0.2, 0.25) is 0 Å². The van der Waals surface area contributed by atoms with Crippen LogP contribution >= 0.6 is 0 Å². The van der Waals surface area contributed by atoms with E-state index >= 15 is 0 Å². The maximum absolute atomic E-state index is 4.47. The van der Waals surface area contributed by atoms with E-state index in [1.807, 2.05) is 18.1 Å². The molecule has 0 saturated heterocycles. The van der Waals surface area contributed by atoms with E-state index < -0.39 is 0 Å². The van der Waals surface area contributed by atoms with Crippen LogP contribution < -0.4 is 5.32 Å². The fraction of sp³-hybridized carbons (Fsp3) is 0.800. The highest BCUT2D eigenvalue weighted by Crippen LogP contribution is 2.26. The van der Waals surface area contributed by atoms with Gasteiger partial charge in [-0.3, -0.25) is 0 Å². The van der Waals surface area contributed by atoms with Crippen molar-refractivity contribution in [3.05, 3.63) is 12.2 Å². The van der Waals surface area contributed by atoms with Crippen LogP contribution in [-0.2, 0) is 6.54 Å². The first kappa shape index (κ1) is 9.65. The van der Waals surface area contributed by atoms with Crippen molar-refractivity contribution in [2.24, 2.45) is 0 Å². The van der Waals surface area contributed by atoms with E-state index in [0.29, 0.717) is 6.04 Å². The molecule has 4 heteroatoms. The van der Waals surface area contributed by atoms with Crippen LogP contribution in [0.2, 0.25) is 0 Å². The zero-order valence-corrected chi connectivity index (χ0v) is 8.74. The van der Waals surface area contributed by atoms with Gasteiger partial charge in [-0.2, -0.15) is 5.10 Å². The highest BCUT2D eigenvalue weighted by Gasteiger charge is 2.16. The molecule has 1 N–H and O–H groups in total. The summed E-state index contributed by atoms with van der Waals surface area (Å²) in [6, 6.07) is 0.599. The molecule has 0 atom stereocenters. The Labute approximate surface area is 84.7 Å². The smallest absolute Gasteiger partial charge is 0.164 e. The summed E-state index contributed by atoms with van der Waals surface area (Å²) >= 11 is 0. The largest absolute Gasteiger partial charge is 0.313 e. The van der Waals surface area contributed by atoms with Crippen molar-refractivity contribution >= 4 is 0 Å². The lowest BCUT2D eigenvalue weighted by atomic mass is 9.96. The second-order valence-corrected chi connectivity index (χ2v) is 3.96. The van der Waals surface area contributed by atoms with Gasteiger partial charge in [-0.05, 0) is 19.9 Å². The Kier molecular flexibility index (Phi) is 3.14. The van der Waals surface area contributed by atoms with Crippen LogP contribution in [0, 0.1) is 0 Å². The maximum Gasteiger partial charge on any atom is 0.164 e. The molecule has 0 aliphatic heterocycles. The Morgan fingerprint density at radius 1 is 1.43 bits per heavy atom. The fourth-order valence-corrected chi connectivity index (χ4v) is 2.07. The van der Waals surface area contributed by atoms with E-state index in [2.05, 4.69) is 15.4 Å². The van der Waals surface area contributed by atoms with Gasteiger partial charge in [0.1, 0.15) is 6.33 Å². The predicted molar refractivity (Wildman–Crippen MR) is 54.9 cm³/mol. The standard InChI is InChI=1S/C10H18N4/c1-11-7-10-12-8-14(13-10)9-5-3-2-4-6-9/h8-9,11H,2-7H2,1H3. The maximum atomic E-state index is 4.47. The lowest BCUT2D eigenvalue weighted by Gasteiger charge is -2.21. The summed E-state index contributed by atoms with van der Waals surface area (Å²) in [5, 5.41) is 7.53. The number of hydrogen-bond donors (Lipinski definition) is 1. The molecule has 1 heterocycles. The highest BCUT2D eigenvalue weighted by atomic mass is 15.3. The molecule has 1 fully saturated rings. The van der Waals surface area contributed by atoms with Gasteiger partial charge in [-0.15, -0.1) is 0 Å². The van der Waals surface area contributed by atoms with E-state index in [4.69, 9.17) is 0 Å². The molecule has 78 valence electrons. The Balaban J connectivity index is 2.00. The van der Waals surface area contributed by atoms with Gasteiger partial charge >= 0.3 is 0 Å². The van der Waals surface area contributed by atoms with Crippen LogP contribution in [0.1, 0.15) is 44.0 Å². The molecule has 1 aliphatic carbocycles. The molecule has 0 spiro atoms. The van der Waals surface area contributed by atoms with Crippen LogP contribution in [0.15, 0.2) is 6.33 Å². The Morgan fingerprint density at radius 3 is 2.93 bits per heavy atom. The molecule has 0 aromatic carbocycles. The molecule has 1 aliphatic rings. The summed E-state index contributed by atoms with van der Waals surface area (Å²) in [5.74, 6) is 0.901. The minimum atomic E-state index is 0.599. The van der Waals surface area contributed by atoms with Gasteiger partial charge in [0, 0.05) is 0 Å². The SMILES string of the molecule is CNCc1ncn(C2CCCCC2)n1. The minimum absolute atomic E-state index is 0.599. The first-order chi connectivity index (χ1) is 6.90. The van der Waals surface area contributed by atoms with Crippen molar-refractivity contribution in [3.63, 3.8) is 0 Å². The highest BCUT2D eigenvalue weighted by molar-refractivity contribution is 4.83. The summed E-state index contributed by atoms with van der Waals surface area (Å²) in [6.45, 7) is 0.764. The molecule has 0 amide bonds. The molecule has 14 heavy (non-hydrogen) atoms. The number of hydrogen-bond acceptors (Lipinski definition) is 3. The third-order valence-corrected chi connectivity index (χ3v) is 2.84. The molecule has 0 radical (unpaired) electrons. The van der Waals surface area contributed by atoms with Crippen molar-refractivity contribution in [3.8, 4) is 0 Å². The van der Waals surface area contributed by atoms with Crippen LogP contribution in [0.25, 0.3) is 0 Å². The lowest BCUT2D eigenvalue weighted by molar-refractivity contribution is 0.327. The van der Waals surface area contributed by atoms with Gasteiger partial charge in [0.05, 0.1) is 12.6 Å². The molecule has 1 aromatic rings. The van der Waals surface area contributed by atoms with E-state index in [1.165, 1.54) is 32.1 Å². The second kappa shape index (κ2) is 4.55. The number of nitrogens with zero attached hydrogens (tertiary/aromatic N) is 3. The molecule has 2 rings (SSSR count). The number of aromatic nitrogens is 3. The second-order valence-electron chi connectivity index (χ2n) is 3.96. The summed E-state index contributed by atoms with van der Waals surface area (Å²) in [5.41, 5.74) is 0. The predicted octanol–water partition coefficient (Wildman–Crippen LogP) is 1.50. The average molecular weight is 194 g/mol. The minimum Gasteiger partial charge on any atom is -0.313 e. The topological polar surface area (TPSA) is 42.7 Å². The molecule has 1 saturated carbocycles. The zero-order chi connectivity index (χ0) is 9.80. The van der Waals surface area contributed by atoms with Crippen molar-refractivity contribution in [1.29, 1.82) is 0 Å². The summed E-state index contributed by atoms with van der Waals surface area (Å²) in [4.78, 5) is 4.27. The van der Waals surface area contributed by atoms with Crippen LogP contribution in [0.3, 0.4) is 0 Å². The first-order valence-corrected chi connectivity index (χ1v) is 5.45. The third-order valence-electron chi connectivity index (χ3n) is 2.84. The molecule has 0 unspecified atom stereocenters.